The number of likely N-dealkylation sites (N-methyl/N-ethyl adjacent to an activating group) is 1. The Morgan fingerprint density at radius 2 is 1.92 bits per heavy atom. The van der Waals surface area contributed by atoms with Crippen molar-refractivity contribution in [2.24, 2.45) is 0 Å². The van der Waals surface area contributed by atoms with Crippen molar-refractivity contribution < 1.29 is 18.7 Å². The summed E-state index contributed by atoms with van der Waals surface area (Å²) in [5, 5.41) is 2.89. The fourth-order valence-electron chi connectivity index (χ4n) is 2.65. The zero-order valence-electron chi connectivity index (χ0n) is 15.5. The maximum Gasteiger partial charge on any atom is 0.260 e. The summed E-state index contributed by atoms with van der Waals surface area (Å²) in [5.41, 5.74) is 0.985. The van der Waals surface area contributed by atoms with Gasteiger partial charge in [-0.1, -0.05) is 24.3 Å². The molecule has 0 fully saturated rings. The van der Waals surface area contributed by atoms with Crippen LogP contribution in [0.25, 0.3) is 0 Å². The minimum absolute atomic E-state index is 0.0588. The highest BCUT2D eigenvalue weighted by Crippen LogP contribution is 2.27. The minimum atomic E-state index is -0.739. The van der Waals surface area contributed by atoms with Crippen LogP contribution in [0.15, 0.2) is 48.5 Å². The highest BCUT2D eigenvalue weighted by atomic mass is 19.1. The summed E-state index contributed by atoms with van der Waals surface area (Å²) in [5.74, 6) is 0.418. The SMILES string of the molecule is COc1ccccc1[C@@H](CNC(=O)[C@H](C)Oc1cccc(F)c1)N(C)C. The Labute approximate surface area is 153 Å². The van der Waals surface area contributed by atoms with Gasteiger partial charge in [0.2, 0.25) is 0 Å². The number of nitrogens with one attached hydrogen (secondary N) is 1. The van der Waals surface area contributed by atoms with E-state index in [-0.39, 0.29) is 11.9 Å². The number of halogens is 1. The molecule has 0 radical (unpaired) electrons. The van der Waals surface area contributed by atoms with Crippen LogP contribution in [-0.4, -0.2) is 44.7 Å². The Balaban J connectivity index is 2.00. The molecular formula is C20H25FN2O3. The Hall–Kier alpha value is -2.60. The number of ether oxygens (including phenoxy) is 2. The van der Waals surface area contributed by atoms with Crippen molar-refractivity contribution in [2.75, 3.05) is 27.7 Å². The smallest absolute Gasteiger partial charge is 0.260 e. The highest BCUT2D eigenvalue weighted by molar-refractivity contribution is 5.80. The quantitative estimate of drug-likeness (QED) is 0.786. The number of benzene rings is 2. The van der Waals surface area contributed by atoms with Crippen LogP contribution in [0.5, 0.6) is 11.5 Å². The van der Waals surface area contributed by atoms with Crippen molar-refractivity contribution in [1.29, 1.82) is 0 Å². The van der Waals surface area contributed by atoms with E-state index in [0.717, 1.165) is 11.3 Å². The predicted molar refractivity (Wildman–Crippen MR) is 98.9 cm³/mol. The molecule has 0 aliphatic carbocycles. The molecule has 6 heteroatoms. The standard InChI is InChI=1S/C20H25FN2O3/c1-14(26-16-9-7-8-15(21)12-16)20(24)22-13-18(23(2)3)17-10-5-6-11-19(17)25-4/h5-12,14,18H,13H2,1-4H3,(H,22,24)/t14-,18+/m0/s1. The molecule has 2 rings (SSSR count). The number of para-hydroxylation sites is 1. The van der Waals surface area contributed by atoms with Gasteiger partial charge in [0.1, 0.15) is 17.3 Å². The zero-order valence-corrected chi connectivity index (χ0v) is 15.5. The molecule has 0 aliphatic heterocycles. The van der Waals surface area contributed by atoms with Crippen LogP contribution in [0.3, 0.4) is 0 Å². The van der Waals surface area contributed by atoms with E-state index in [4.69, 9.17) is 9.47 Å². The van der Waals surface area contributed by atoms with E-state index < -0.39 is 11.9 Å². The molecule has 2 atom stereocenters. The molecule has 5 nitrogen and oxygen atoms in total. The van der Waals surface area contributed by atoms with Gasteiger partial charge in [0.05, 0.1) is 13.2 Å². The molecule has 26 heavy (non-hydrogen) atoms. The average molecular weight is 360 g/mol. The van der Waals surface area contributed by atoms with E-state index in [1.54, 1.807) is 26.2 Å². The van der Waals surface area contributed by atoms with Crippen LogP contribution in [0, 0.1) is 5.82 Å². The molecule has 0 aliphatic rings. The van der Waals surface area contributed by atoms with Crippen LogP contribution in [0.4, 0.5) is 4.39 Å². The highest BCUT2D eigenvalue weighted by Gasteiger charge is 2.21. The number of nitrogens with zero attached hydrogens (tertiary/aromatic N) is 1. The van der Waals surface area contributed by atoms with Gasteiger partial charge in [-0.2, -0.15) is 0 Å². The van der Waals surface area contributed by atoms with Gasteiger partial charge < -0.3 is 19.7 Å². The second kappa shape index (κ2) is 9.20. The normalized spacial score (nSPS) is 13.2. The fraction of sp³-hybridized carbons (Fsp3) is 0.350. The average Bonchev–Trinajstić information content (AvgIpc) is 2.61. The molecule has 0 bridgehead atoms. The second-order valence-electron chi connectivity index (χ2n) is 6.18. The lowest BCUT2D eigenvalue weighted by atomic mass is 10.0. The summed E-state index contributed by atoms with van der Waals surface area (Å²) in [6.45, 7) is 2.02. The van der Waals surface area contributed by atoms with Crippen molar-refractivity contribution in [1.82, 2.24) is 10.2 Å². The van der Waals surface area contributed by atoms with Gasteiger partial charge >= 0.3 is 0 Å². The summed E-state index contributed by atoms with van der Waals surface area (Å²) in [6.07, 6.45) is -0.739. The van der Waals surface area contributed by atoms with Gasteiger partial charge in [0.15, 0.2) is 6.10 Å². The number of amides is 1. The summed E-state index contributed by atoms with van der Waals surface area (Å²) in [4.78, 5) is 14.4. The summed E-state index contributed by atoms with van der Waals surface area (Å²) in [6, 6.07) is 13.4. The van der Waals surface area contributed by atoms with Crippen LogP contribution in [0.2, 0.25) is 0 Å². The zero-order chi connectivity index (χ0) is 19.1. The monoisotopic (exact) mass is 360 g/mol. The van der Waals surface area contributed by atoms with Gasteiger partial charge in [-0.3, -0.25) is 4.79 Å². The Morgan fingerprint density at radius 1 is 1.19 bits per heavy atom. The first kappa shape index (κ1) is 19.7. The molecule has 0 unspecified atom stereocenters. The van der Waals surface area contributed by atoms with Gasteiger partial charge in [-0.25, -0.2) is 4.39 Å². The number of hydrogen-bond donors (Lipinski definition) is 1. The number of methoxy groups -OCH3 is 1. The largest absolute Gasteiger partial charge is 0.496 e. The lowest BCUT2D eigenvalue weighted by Crippen LogP contribution is -2.41. The van der Waals surface area contributed by atoms with Gasteiger partial charge in [-0.05, 0) is 39.2 Å². The van der Waals surface area contributed by atoms with Crippen LogP contribution >= 0.6 is 0 Å². The Bertz CT molecular complexity index is 737. The molecule has 0 heterocycles. The molecule has 1 N–H and O–H groups in total. The lowest BCUT2D eigenvalue weighted by Gasteiger charge is -2.27. The predicted octanol–water partition coefficient (Wildman–Crippen LogP) is 3.02. The van der Waals surface area contributed by atoms with Crippen molar-refractivity contribution >= 4 is 5.91 Å². The third-order valence-electron chi connectivity index (χ3n) is 4.07. The van der Waals surface area contributed by atoms with Crippen molar-refractivity contribution in [2.45, 2.75) is 19.1 Å². The third kappa shape index (κ3) is 5.20. The maximum atomic E-state index is 13.2. The first-order chi connectivity index (χ1) is 12.4. The van der Waals surface area contributed by atoms with Gasteiger partial charge in [0, 0.05) is 18.2 Å². The van der Waals surface area contributed by atoms with E-state index in [1.165, 1.54) is 12.1 Å². The number of carbonyl (C=O) groups is 1. The summed E-state index contributed by atoms with van der Waals surface area (Å²) < 4.78 is 24.2. The van der Waals surface area contributed by atoms with E-state index in [1.807, 2.05) is 43.3 Å². The van der Waals surface area contributed by atoms with Gasteiger partial charge in [-0.15, -0.1) is 0 Å². The molecule has 0 aromatic heterocycles. The molecule has 0 saturated carbocycles. The third-order valence-corrected chi connectivity index (χ3v) is 4.07. The van der Waals surface area contributed by atoms with E-state index >= 15 is 0 Å². The first-order valence-corrected chi connectivity index (χ1v) is 8.41. The summed E-state index contributed by atoms with van der Waals surface area (Å²) in [7, 11) is 5.50. The Kier molecular flexibility index (Phi) is 6.97. The minimum Gasteiger partial charge on any atom is -0.496 e. The van der Waals surface area contributed by atoms with Crippen LogP contribution in [-0.2, 0) is 4.79 Å². The molecular weight excluding hydrogens is 335 g/mol. The Morgan fingerprint density at radius 3 is 2.58 bits per heavy atom. The van der Waals surface area contributed by atoms with Crippen LogP contribution < -0.4 is 14.8 Å². The second-order valence-corrected chi connectivity index (χ2v) is 6.18. The van der Waals surface area contributed by atoms with E-state index in [0.29, 0.717) is 12.3 Å². The van der Waals surface area contributed by atoms with E-state index in [2.05, 4.69) is 5.32 Å². The lowest BCUT2D eigenvalue weighted by molar-refractivity contribution is -0.127. The molecule has 0 saturated heterocycles. The molecule has 0 spiro atoms. The van der Waals surface area contributed by atoms with Crippen molar-refractivity contribution in [3.8, 4) is 11.5 Å². The first-order valence-electron chi connectivity index (χ1n) is 8.41. The fourth-order valence-corrected chi connectivity index (χ4v) is 2.65. The molecule has 2 aromatic carbocycles. The molecule has 1 amide bonds. The van der Waals surface area contributed by atoms with Gasteiger partial charge in [0.25, 0.3) is 5.91 Å². The van der Waals surface area contributed by atoms with Crippen molar-refractivity contribution in [3.05, 3.63) is 59.9 Å². The number of hydrogen-bond acceptors (Lipinski definition) is 4. The van der Waals surface area contributed by atoms with Crippen molar-refractivity contribution in [3.63, 3.8) is 0 Å². The topological polar surface area (TPSA) is 50.8 Å². The number of rotatable bonds is 8. The molecule has 140 valence electrons. The van der Waals surface area contributed by atoms with E-state index in [9.17, 15) is 9.18 Å². The maximum absolute atomic E-state index is 13.2. The molecule has 2 aromatic rings. The van der Waals surface area contributed by atoms with Crippen LogP contribution in [0.1, 0.15) is 18.5 Å². The number of carbonyl (C=O) groups excluding carboxylic acids is 1. The summed E-state index contributed by atoms with van der Waals surface area (Å²) >= 11 is 0.